The zero-order chi connectivity index (χ0) is 16.5. The molecule has 0 bridgehead atoms. The number of nitrogens with one attached hydrogen (secondary N) is 1. The molecule has 5 heteroatoms. The summed E-state index contributed by atoms with van der Waals surface area (Å²) in [6.07, 6.45) is 1.23. The van der Waals surface area contributed by atoms with Crippen LogP contribution in [0.1, 0.15) is 33.6 Å². The molecule has 0 aliphatic heterocycles. The third-order valence-corrected chi connectivity index (χ3v) is 3.79. The molecule has 1 rings (SSSR count). The maximum Gasteiger partial charge on any atom is 0.326 e. The largest absolute Gasteiger partial charge is 0.494 e. The van der Waals surface area contributed by atoms with Gasteiger partial charge in [0.25, 0.3) is 0 Å². The van der Waals surface area contributed by atoms with Crippen LogP contribution in [-0.2, 0) is 9.59 Å². The Labute approximate surface area is 131 Å². The first-order valence-electron chi connectivity index (χ1n) is 7.66. The fourth-order valence-corrected chi connectivity index (χ4v) is 1.98. The monoisotopic (exact) mass is 307 g/mol. The summed E-state index contributed by atoms with van der Waals surface area (Å²) in [5.41, 5.74) is 0. The second-order valence-electron chi connectivity index (χ2n) is 5.56. The molecule has 1 aromatic rings. The van der Waals surface area contributed by atoms with E-state index in [9.17, 15) is 14.7 Å². The topological polar surface area (TPSA) is 75.6 Å². The minimum Gasteiger partial charge on any atom is -0.494 e. The number of aliphatic carboxylic acids is 1. The highest BCUT2D eigenvalue weighted by molar-refractivity contribution is 5.84. The summed E-state index contributed by atoms with van der Waals surface area (Å²) in [6, 6.07) is 8.55. The van der Waals surface area contributed by atoms with Crippen LogP contribution in [0.4, 0.5) is 0 Å². The maximum absolute atomic E-state index is 12.1. The SMILES string of the molecule is CCC(C)C(NC(=O)C(C)CCOc1ccccc1)C(=O)O. The van der Waals surface area contributed by atoms with E-state index in [1.54, 1.807) is 6.92 Å². The average Bonchev–Trinajstić information content (AvgIpc) is 2.52. The molecule has 5 nitrogen and oxygen atoms in total. The molecule has 0 aliphatic rings. The van der Waals surface area contributed by atoms with Crippen LogP contribution >= 0.6 is 0 Å². The number of carbonyl (C=O) groups excluding carboxylic acids is 1. The van der Waals surface area contributed by atoms with Gasteiger partial charge in [0.05, 0.1) is 6.61 Å². The number of benzene rings is 1. The summed E-state index contributed by atoms with van der Waals surface area (Å²) in [5, 5.41) is 11.8. The second kappa shape index (κ2) is 9.07. The summed E-state index contributed by atoms with van der Waals surface area (Å²) in [7, 11) is 0. The fraction of sp³-hybridized carbons (Fsp3) is 0.529. The molecule has 1 amide bonds. The molecule has 0 saturated carbocycles. The van der Waals surface area contributed by atoms with Crippen LogP contribution in [0.3, 0.4) is 0 Å². The first-order valence-corrected chi connectivity index (χ1v) is 7.66. The van der Waals surface area contributed by atoms with E-state index in [1.165, 1.54) is 0 Å². The Morgan fingerprint density at radius 2 is 1.86 bits per heavy atom. The standard InChI is InChI=1S/C17H25NO4/c1-4-12(2)15(17(20)21)18-16(19)13(3)10-11-22-14-8-6-5-7-9-14/h5-9,12-13,15H,4,10-11H2,1-3H3,(H,18,19)(H,20,21). The summed E-state index contributed by atoms with van der Waals surface area (Å²) in [4.78, 5) is 23.3. The Bertz CT molecular complexity index is 475. The van der Waals surface area contributed by atoms with Crippen LogP contribution in [0.15, 0.2) is 30.3 Å². The normalized spacial score (nSPS) is 14.7. The van der Waals surface area contributed by atoms with E-state index >= 15 is 0 Å². The van der Waals surface area contributed by atoms with E-state index < -0.39 is 12.0 Å². The Morgan fingerprint density at radius 3 is 2.41 bits per heavy atom. The average molecular weight is 307 g/mol. The number of hydrogen-bond donors (Lipinski definition) is 2. The highest BCUT2D eigenvalue weighted by Gasteiger charge is 2.27. The van der Waals surface area contributed by atoms with Gasteiger partial charge in [-0.3, -0.25) is 4.79 Å². The van der Waals surface area contributed by atoms with E-state index in [-0.39, 0.29) is 17.7 Å². The lowest BCUT2D eigenvalue weighted by molar-refractivity contribution is -0.144. The number of rotatable bonds is 9. The summed E-state index contributed by atoms with van der Waals surface area (Å²) >= 11 is 0. The first kappa shape index (κ1) is 18.0. The molecule has 22 heavy (non-hydrogen) atoms. The van der Waals surface area contributed by atoms with Gasteiger partial charge in [-0.15, -0.1) is 0 Å². The molecule has 0 radical (unpaired) electrons. The first-order chi connectivity index (χ1) is 10.5. The van der Waals surface area contributed by atoms with Crippen LogP contribution < -0.4 is 10.1 Å². The number of carboxylic acid groups (broad SMARTS) is 1. The van der Waals surface area contributed by atoms with Crippen LogP contribution in [0.5, 0.6) is 5.75 Å². The van der Waals surface area contributed by atoms with Gasteiger partial charge in [0.2, 0.25) is 5.91 Å². The Hall–Kier alpha value is -2.04. The second-order valence-corrected chi connectivity index (χ2v) is 5.56. The molecular formula is C17H25NO4. The molecule has 122 valence electrons. The number of amides is 1. The molecule has 0 heterocycles. The van der Waals surface area contributed by atoms with Crippen molar-refractivity contribution in [3.8, 4) is 5.75 Å². The van der Waals surface area contributed by atoms with Crippen molar-refractivity contribution in [2.24, 2.45) is 11.8 Å². The maximum atomic E-state index is 12.1. The van der Waals surface area contributed by atoms with Gasteiger partial charge in [-0.25, -0.2) is 4.79 Å². The zero-order valence-corrected chi connectivity index (χ0v) is 13.4. The number of carboxylic acids is 1. The molecule has 0 aliphatic carbocycles. The fourth-order valence-electron chi connectivity index (χ4n) is 1.98. The van der Waals surface area contributed by atoms with E-state index in [0.717, 1.165) is 5.75 Å². The highest BCUT2D eigenvalue weighted by atomic mass is 16.5. The van der Waals surface area contributed by atoms with Gasteiger partial charge < -0.3 is 15.2 Å². The molecule has 0 fully saturated rings. The van der Waals surface area contributed by atoms with Crippen LogP contribution in [0.25, 0.3) is 0 Å². The summed E-state index contributed by atoms with van der Waals surface area (Å²) in [6.45, 7) is 5.92. The molecule has 1 aromatic carbocycles. The van der Waals surface area contributed by atoms with Crippen LogP contribution in [0.2, 0.25) is 0 Å². The molecule has 3 atom stereocenters. The predicted octanol–water partition coefficient (Wildman–Crippen LogP) is 2.71. The van der Waals surface area contributed by atoms with Crippen molar-refractivity contribution in [3.05, 3.63) is 30.3 Å². The van der Waals surface area contributed by atoms with Gasteiger partial charge in [0, 0.05) is 5.92 Å². The van der Waals surface area contributed by atoms with E-state index in [2.05, 4.69) is 5.32 Å². The minimum atomic E-state index is -0.990. The summed E-state index contributed by atoms with van der Waals surface area (Å²) in [5.74, 6) is -0.873. The lowest BCUT2D eigenvalue weighted by atomic mass is 9.98. The molecule has 0 spiro atoms. The van der Waals surface area contributed by atoms with Crippen LogP contribution in [0, 0.1) is 11.8 Å². The van der Waals surface area contributed by atoms with E-state index in [4.69, 9.17) is 4.74 Å². The Morgan fingerprint density at radius 1 is 1.23 bits per heavy atom. The predicted molar refractivity (Wildman–Crippen MR) is 84.7 cm³/mol. The van der Waals surface area contributed by atoms with Crippen molar-refractivity contribution in [2.45, 2.75) is 39.7 Å². The van der Waals surface area contributed by atoms with Crippen LogP contribution in [-0.4, -0.2) is 29.6 Å². The van der Waals surface area contributed by atoms with Gasteiger partial charge in [-0.1, -0.05) is 45.4 Å². The number of para-hydroxylation sites is 1. The van der Waals surface area contributed by atoms with Crippen molar-refractivity contribution in [3.63, 3.8) is 0 Å². The number of carbonyl (C=O) groups is 2. The molecular weight excluding hydrogens is 282 g/mol. The van der Waals surface area contributed by atoms with Crippen molar-refractivity contribution < 1.29 is 19.4 Å². The Balaban J connectivity index is 2.42. The van der Waals surface area contributed by atoms with Gasteiger partial charge in [0.1, 0.15) is 11.8 Å². The van der Waals surface area contributed by atoms with Crippen molar-refractivity contribution in [1.82, 2.24) is 5.32 Å². The molecule has 2 N–H and O–H groups in total. The lowest BCUT2D eigenvalue weighted by Crippen LogP contribution is -2.47. The van der Waals surface area contributed by atoms with E-state index in [0.29, 0.717) is 19.4 Å². The number of ether oxygens (including phenoxy) is 1. The van der Waals surface area contributed by atoms with Gasteiger partial charge in [-0.05, 0) is 24.5 Å². The molecule has 0 aromatic heterocycles. The van der Waals surface area contributed by atoms with Crippen molar-refractivity contribution >= 4 is 11.9 Å². The van der Waals surface area contributed by atoms with Gasteiger partial charge >= 0.3 is 5.97 Å². The minimum absolute atomic E-state index is 0.103. The highest BCUT2D eigenvalue weighted by Crippen LogP contribution is 2.12. The third-order valence-electron chi connectivity index (χ3n) is 3.79. The third kappa shape index (κ3) is 5.76. The smallest absolute Gasteiger partial charge is 0.326 e. The molecule has 0 saturated heterocycles. The lowest BCUT2D eigenvalue weighted by Gasteiger charge is -2.22. The van der Waals surface area contributed by atoms with E-state index in [1.807, 2.05) is 44.2 Å². The van der Waals surface area contributed by atoms with Crippen molar-refractivity contribution in [1.29, 1.82) is 0 Å². The van der Waals surface area contributed by atoms with Gasteiger partial charge in [0.15, 0.2) is 0 Å². The number of hydrogen-bond acceptors (Lipinski definition) is 3. The zero-order valence-electron chi connectivity index (χ0n) is 13.4. The van der Waals surface area contributed by atoms with Gasteiger partial charge in [-0.2, -0.15) is 0 Å². The quantitative estimate of drug-likeness (QED) is 0.735. The molecule has 3 unspecified atom stereocenters. The van der Waals surface area contributed by atoms with Crippen molar-refractivity contribution in [2.75, 3.05) is 6.61 Å². The Kier molecular flexibility index (Phi) is 7.43. The summed E-state index contributed by atoms with van der Waals surface area (Å²) < 4.78 is 5.55.